The van der Waals surface area contributed by atoms with E-state index in [1.807, 2.05) is 0 Å². The summed E-state index contributed by atoms with van der Waals surface area (Å²) < 4.78 is 127. The lowest BCUT2D eigenvalue weighted by Crippen LogP contribution is -2.69. The Morgan fingerprint density at radius 2 is 0.410 bits per heavy atom. The molecule has 0 amide bonds. The summed E-state index contributed by atoms with van der Waals surface area (Å²) in [6.07, 6.45) is -42.6. The molecule has 0 saturated carbocycles. The summed E-state index contributed by atoms with van der Waals surface area (Å²) in [5, 5.41) is 12.3. The SMILES string of the molecule is O=C(OC[C@H]1O[C@@H](O[C@H]2[C@@H](OC(=O)c3ccccc3)[C@@H](CO)O[C@@H](O[C@H]3[C@H](OC(=O)c4ccccc4)[C@H](OC(=O)c4ccccc4)[C@@H](OC(=O)c4ccccc4)O[C@@H]3COC(=O)c3ccccc3)[C@@H]2OC(=O)c2ccccc2)[C@H](O[C@@H]2OC[C@@H](OC(=O)c3ccccc3)[C@@H](OC(=O)c3ccccc3)[C@@H]2OC(=O)c2ccccc2)[C@@H](OC(=O)c2ccccc2)[C@H]1OC(=O)c1ccccc1)c1ccccc1. The van der Waals surface area contributed by atoms with Gasteiger partial charge in [-0.3, -0.25) is 0 Å². The number of carbonyl (C=O) groups excluding carboxylic acids is 12. The molecule has 1 N–H and O–H groups in total. The zero-order valence-corrected chi connectivity index (χ0v) is 73.5. The van der Waals surface area contributed by atoms with Crippen molar-refractivity contribution in [2.24, 2.45) is 0 Å². The highest BCUT2D eigenvalue weighted by atomic mass is 16.8. The summed E-state index contributed by atoms with van der Waals surface area (Å²) >= 11 is 0. The predicted molar refractivity (Wildman–Crippen MR) is 484 cm³/mol. The molecule has 4 aliphatic rings. The van der Waals surface area contributed by atoms with Crippen LogP contribution in [0.15, 0.2) is 364 Å². The van der Waals surface area contributed by atoms with Crippen LogP contribution in [0.5, 0.6) is 0 Å². The van der Waals surface area contributed by atoms with Gasteiger partial charge in [0.2, 0.25) is 12.4 Å². The number of aliphatic hydroxyl groups is 1. The van der Waals surface area contributed by atoms with Crippen LogP contribution in [-0.4, -0.2) is 220 Å². The van der Waals surface area contributed by atoms with Gasteiger partial charge in [0.05, 0.1) is 80.0 Å². The van der Waals surface area contributed by atoms with Crippen LogP contribution in [0, 0.1) is 0 Å². The fraction of sp³-hybridized carbons (Fsp3) is 0.215. The molecule has 12 aromatic rings. The van der Waals surface area contributed by atoms with Crippen molar-refractivity contribution < 1.29 is 153 Å². The first-order valence-corrected chi connectivity index (χ1v) is 44.1. The quantitative estimate of drug-likeness (QED) is 0.0295. The molecule has 4 aliphatic heterocycles. The largest absolute Gasteiger partial charge is 0.459 e. The Bertz CT molecular complexity index is 6170. The third-order valence-corrected chi connectivity index (χ3v) is 22.5. The highest BCUT2D eigenvalue weighted by molar-refractivity contribution is 5.95. The number of aliphatic hydroxyl groups excluding tert-OH is 1. The molecule has 12 aromatic carbocycles. The zero-order valence-electron chi connectivity index (χ0n) is 73.5. The van der Waals surface area contributed by atoms with Crippen LogP contribution in [-0.2, 0) is 90.0 Å². The Balaban J connectivity index is 0.910. The molecule has 0 spiro atoms. The van der Waals surface area contributed by atoms with Crippen molar-refractivity contribution in [2.75, 3.05) is 26.4 Å². The smallest absolute Gasteiger partial charge is 0.340 e. The van der Waals surface area contributed by atoms with Crippen LogP contribution in [0.4, 0.5) is 0 Å². The Morgan fingerprint density at radius 1 is 0.201 bits per heavy atom. The molecule has 0 radical (unpaired) electrons. The number of hydrogen-bond acceptors (Lipinski definition) is 32. The summed E-state index contributed by atoms with van der Waals surface area (Å²) in [6.45, 7) is -4.13. The number of esters is 12. The fourth-order valence-corrected chi connectivity index (χ4v) is 15.6. The number of benzene rings is 12. The molecule has 16 rings (SSSR count). The molecule has 0 aromatic heterocycles. The van der Waals surface area contributed by atoms with E-state index in [0.29, 0.717) is 0 Å². The van der Waals surface area contributed by atoms with Gasteiger partial charge in [-0.05, 0) is 146 Å². The minimum absolute atomic E-state index is 0.00872. The van der Waals surface area contributed by atoms with Crippen molar-refractivity contribution in [1.29, 1.82) is 0 Å². The molecule has 0 bridgehead atoms. The molecule has 0 unspecified atom stereocenters. The highest BCUT2D eigenvalue weighted by Gasteiger charge is 2.62. The lowest BCUT2D eigenvalue weighted by atomic mass is 9.94. The van der Waals surface area contributed by atoms with Crippen LogP contribution in [0.3, 0.4) is 0 Å². The first-order valence-electron chi connectivity index (χ1n) is 44.1. The van der Waals surface area contributed by atoms with Crippen molar-refractivity contribution in [1.82, 2.24) is 0 Å². The molecule has 708 valence electrons. The summed E-state index contributed by atoms with van der Waals surface area (Å²) in [5.41, 5.74) is -1.35. The molecule has 4 heterocycles. The van der Waals surface area contributed by atoms with Crippen LogP contribution >= 0.6 is 0 Å². The highest BCUT2D eigenvalue weighted by Crippen LogP contribution is 2.42. The minimum Gasteiger partial charge on any atom is -0.459 e. The van der Waals surface area contributed by atoms with Crippen molar-refractivity contribution in [3.05, 3.63) is 431 Å². The molecule has 32 heteroatoms. The van der Waals surface area contributed by atoms with Gasteiger partial charge in [0, 0.05) is 0 Å². The van der Waals surface area contributed by atoms with Crippen LogP contribution < -0.4 is 0 Å². The topological polar surface area (TPSA) is 400 Å². The second-order valence-corrected chi connectivity index (χ2v) is 31.7. The van der Waals surface area contributed by atoms with Gasteiger partial charge in [0.15, 0.2) is 73.8 Å². The Kier molecular flexibility index (Phi) is 32.1. The lowest BCUT2D eigenvalue weighted by Gasteiger charge is -2.51. The van der Waals surface area contributed by atoms with Gasteiger partial charge in [0.1, 0.15) is 43.7 Å². The molecule has 139 heavy (non-hydrogen) atoms. The summed E-state index contributed by atoms with van der Waals surface area (Å²) in [5.74, 6) is -13.6. The maximum absolute atomic E-state index is 15.9. The maximum Gasteiger partial charge on any atom is 0.340 e. The predicted octanol–water partition coefficient (Wildman–Crippen LogP) is 13.3. The Morgan fingerprint density at radius 3 is 0.727 bits per heavy atom. The zero-order chi connectivity index (χ0) is 96.5. The van der Waals surface area contributed by atoms with Gasteiger partial charge >= 0.3 is 71.6 Å². The number of ether oxygens (including phenoxy) is 19. The molecule has 4 fully saturated rings. The normalized spacial score (nSPS) is 23.6. The average Bonchev–Trinajstić information content (AvgIpc) is 0.750. The third-order valence-electron chi connectivity index (χ3n) is 22.5. The van der Waals surface area contributed by atoms with E-state index in [4.69, 9.17) is 90.0 Å². The molecule has 32 nitrogen and oxygen atoms in total. The van der Waals surface area contributed by atoms with E-state index in [-0.39, 0.29) is 66.8 Å². The molecule has 4 saturated heterocycles. The average molecular weight is 1890 g/mol. The minimum atomic E-state index is -2.57. The monoisotopic (exact) mass is 1880 g/mol. The van der Waals surface area contributed by atoms with Crippen LogP contribution in [0.25, 0.3) is 0 Å². The number of carbonyl (C=O) groups is 12. The van der Waals surface area contributed by atoms with Gasteiger partial charge in [0.25, 0.3) is 0 Å². The second kappa shape index (κ2) is 46.5. The first kappa shape index (κ1) is 96.1. The van der Waals surface area contributed by atoms with Gasteiger partial charge in [-0.25, -0.2) is 57.5 Å². The second-order valence-electron chi connectivity index (χ2n) is 31.7. The maximum atomic E-state index is 15.9. The van der Waals surface area contributed by atoms with E-state index in [9.17, 15) is 29.1 Å². The standard InChI is InChI=1S/C107H88O32/c108-61-77-81(128-95(112)68-43-19-4-20-44-68)87(90(135-102(119)75-57-33-11-34-58-75)105(125-77)136-83-80(63-122-93(110)66-39-15-2-16-40-66)127-107(139-103(120)76-59-35-12-36-60-76)89(134-101(118)74-55-31-10-32-56-74)86(83)132-99(116)72-51-27-8-28-52-72)137-106-91(85(131-98(115)71-49-25-7-26-50-71)82(129-96(113)69-45-21-5-22-46-69)79(126-106)62-121-92(109)65-37-13-1-14-38-65)138-104-88(133-100(117)73-53-29-9-30-54-73)84(130-97(114)70-47-23-6-24-48-70)78(64-123-104)124-94(111)67-41-17-3-18-42-67/h1-60,77-91,104-108H,61-64H2/t77-,78-,79-,80-,81+,82+,83-,84-,85+,86+,87+,88+,89+,90-,91-,104+,105+,106+,107-/m1/s1. The molecule has 19 atom stereocenters. The van der Waals surface area contributed by atoms with Crippen molar-refractivity contribution >= 4 is 71.6 Å². The molecular weight excluding hydrogens is 1800 g/mol. The van der Waals surface area contributed by atoms with E-state index >= 15 is 33.6 Å². The van der Waals surface area contributed by atoms with Gasteiger partial charge in [-0.15, -0.1) is 0 Å². The van der Waals surface area contributed by atoms with E-state index in [0.717, 1.165) is 0 Å². The van der Waals surface area contributed by atoms with E-state index in [1.54, 1.807) is 97.1 Å². The Hall–Kier alpha value is -16.0. The first-order chi connectivity index (χ1) is 67.9. The van der Waals surface area contributed by atoms with E-state index < -0.39 is 215 Å². The number of rotatable bonds is 33. The molecular formula is C107H88O32. The van der Waals surface area contributed by atoms with Crippen molar-refractivity contribution in [2.45, 2.75) is 117 Å². The fourth-order valence-electron chi connectivity index (χ4n) is 15.6. The third kappa shape index (κ3) is 24.3. The summed E-state index contributed by atoms with van der Waals surface area (Å²) in [7, 11) is 0. The Labute approximate surface area is 794 Å². The summed E-state index contributed by atoms with van der Waals surface area (Å²) in [6, 6.07) is 88.7. The summed E-state index contributed by atoms with van der Waals surface area (Å²) in [4.78, 5) is 182. The van der Waals surface area contributed by atoms with E-state index in [2.05, 4.69) is 0 Å². The molecule has 0 aliphatic carbocycles. The van der Waals surface area contributed by atoms with Crippen molar-refractivity contribution in [3.63, 3.8) is 0 Å². The van der Waals surface area contributed by atoms with Gasteiger partial charge < -0.3 is 95.1 Å². The van der Waals surface area contributed by atoms with Crippen LogP contribution in [0.2, 0.25) is 0 Å². The van der Waals surface area contributed by atoms with Crippen molar-refractivity contribution in [3.8, 4) is 0 Å². The van der Waals surface area contributed by atoms with Gasteiger partial charge in [-0.2, -0.15) is 0 Å². The van der Waals surface area contributed by atoms with E-state index in [1.165, 1.54) is 267 Å². The lowest BCUT2D eigenvalue weighted by molar-refractivity contribution is -0.389. The number of hydrogen-bond donors (Lipinski definition) is 1. The van der Waals surface area contributed by atoms with Crippen LogP contribution in [0.1, 0.15) is 124 Å². The van der Waals surface area contributed by atoms with Gasteiger partial charge in [-0.1, -0.05) is 218 Å².